The molecule has 1 saturated carbocycles. The zero-order valence-electron chi connectivity index (χ0n) is 6.43. The Balaban J connectivity index is 2.06. The molecule has 1 heterocycles. The predicted molar refractivity (Wildman–Crippen MR) is 49.2 cm³/mol. The van der Waals surface area contributed by atoms with E-state index in [2.05, 4.69) is 31.4 Å². The van der Waals surface area contributed by atoms with Gasteiger partial charge in [0.25, 0.3) is 6.43 Å². The number of alkyl halides is 2. The van der Waals surface area contributed by atoms with Crippen LogP contribution in [0.4, 0.5) is 13.9 Å². The van der Waals surface area contributed by atoms with E-state index in [-0.39, 0.29) is 0 Å². The van der Waals surface area contributed by atoms with Gasteiger partial charge in [-0.3, -0.25) is 0 Å². The van der Waals surface area contributed by atoms with Gasteiger partial charge < -0.3 is 5.32 Å². The van der Waals surface area contributed by atoms with Gasteiger partial charge >= 0.3 is 0 Å². The first-order valence-corrected chi connectivity index (χ1v) is 5.29. The van der Waals surface area contributed by atoms with Gasteiger partial charge in [-0.2, -0.15) is 0 Å². The van der Waals surface area contributed by atoms with Crippen LogP contribution < -0.4 is 5.32 Å². The van der Waals surface area contributed by atoms with Crippen molar-refractivity contribution in [1.82, 2.24) is 10.2 Å². The second-order valence-electron chi connectivity index (χ2n) is 2.94. The maximum absolute atomic E-state index is 12.4. The van der Waals surface area contributed by atoms with Gasteiger partial charge in [0.15, 0.2) is 3.92 Å². The lowest BCUT2D eigenvalue weighted by Gasteiger charge is -2.14. The van der Waals surface area contributed by atoms with Gasteiger partial charge in [-0.25, -0.2) is 8.78 Å². The average Bonchev–Trinajstić information content (AvgIpc) is 2.72. The van der Waals surface area contributed by atoms with Gasteiger partial charge in [0.05, 0.1) is 0 Å². The quantitative estimate of drug-likeness (QED) is 0.917. The highest BCUT2D eigenvalue weighted by Gasteiger charge is 2.51. The Kier molecular flexibility index (Phi) is 2.23. The third-order valence-electron chi connectivity index (χ3n) is 1.96. The van der Waals surface area contributed by atoms with Crippen molar-refractivity contribution in [2.45, 2.75) is 24.8 Å². The molecule has 0 aliphatic heterocycles. The first-order valence-electron chi connectivity index (χ1n) is 3.68. The Labute approximate surface area is 85.7 Å². The summed E-state index contributed by atoms with van der Waals surface area (Å²) in [4.78, 5) is 0. The van der Waals surface area contributed by atoms with Crippen LogP contribution >= 0.6 is 27.3 Å². The molecule has 1 N–H and O–H groups in total. The van der Waals surface area contributed by atoms with E-state index in [1.54, 1.807) is 0 Å². The lowest BCUT2D eigenvalue weighted by atomic mass is 10.3. The molecule has 3 nitrogen and oxygen atoms in total. The van der Waals surface area contributed by atoms with Crippen molar-refractivity contribution in [3.63, 3.8) is 0 Å². The molecule has 0 spiro atoms. The molecule has 1 aliphatic rings. The highest BCUT2D eigenvalue weighted by atomic mass is 79.9. The molecule has 0 atom stereocenters. The maximum atomic E-state index is 12.4. The third-order valence-corrected chi connectivity index (χ3v) is 3.23. The Bertz CT molecular complexity index is 313. The normalized spacial score (nSPS) is 19.1. The number of nitrogens with zero attached hydrogens (tertiary/aromatic N) is 2. The van der Waals surface area contributed by atoms with Gasteiger partial charge in [-0.15, -0.1) is 10.2 Å². The second-order valence-corrected chi connectivity index (χ2v) is 5.20. The van der Waals surface area contributed by atoms with Crippen LogP contribution in [0, 0.1) is 0 Å². The molecule has 0 bridgehead atoms. The fraction of sp³-hybridized carbons (Fsp3) is 0.667. The molecule has 0 aromatic carbocycles. The maximum Gasteiger partial charge on any atom is 0.261 e. The van der Waals surface area contributed by atoms with Crippen LogP contribution in [0.25, 0.3) is 0 Å². The van der Waals surface area contributed by atoms with Crippen molar-refractivity contribution >= 4 is 32.4 Å². The molecule has 1 aromatic heterocycles. The van der Waals surface area contributed by atoms with Crippen LogP contribution in [-0.4, -0.2) is 22.2 Å². The Morgan fingerprint density at radius 3 is 2.54 bits per heavy atom. The summed E-state index contributed by atoms with van der Waals surface area (Å²) < 4.78 is 25.5. The van der Waals surface area contributed by atoms with E-state index >= 15 is 0 Å². The zero-order valence-corrected chi connectivity index (χ0v) is 8.83. The lowest BCUT2D eigenvalue weighted by molar-refractivity contribution is 0.114. The first kappa shape index (κ1) is 9.26. The van der Waals surface area contributed by atoms with Crippen LogP contribution in [0.1, 0.15) is 12.8 Å². The Morgan fingerprint density at radius 1 is 1.46 bits per heavy atom. The van der Waals surface area contributed by atoms with Gasteiger partial charge in [0, 0.05) is 0 Å². The number of anilines is 1. The number of hydrogen-bond acceptors (Lipinski definition) is 4. The summed E-state index contributed by atoms with van der Waals surface area (Å²) in [5.74, 6) is 0. The molecule has 1 fully saturated rings. The molecule has 7 heteroatoms. The SMILES string of the molecule is FC(F)C1(Nc2nnc(Br)s2)CC1. The number of halogens is 3. The molecule has 0 unspecified atom stereocenters. The van der Waals surface area contributed by atoms with Crippen LogP contribution in [-0.2, 0) is 0 Å². The van der Waals surface area contributed by atoms with E-state index in [9.17, 15) is 8.78 Å². The first-order chi connectivity index (χ1) is 6.12. The summed E-state index contributed by atoms with van der Waals surface area (Å²) in [7, 11) is 0. The number of hydrogen-bond donors (Lipinski definition) is 1. The standard InChI is InChI=1S/C6H6BrF2N3S/c7-4-11-12-5(13-4)10-6(1-2-6)3(8)9/h3H,1-2H2,(H,10,12). The molecular weight excluding hydrogens is 264 g/mol. The van der Waals surface area contributed by atoms with Crippen LogP contribution in [0.15, 0.2) is 3.92 Å². The largest absolute Gasteiger partial charge is 0.349 e. The van der Waals surface area contributed by atoms with Crippen molar-refractivity contribution in [2.24, 2.45) is 0 Å². The van der Waals surface area contributed by atoms with Crippen molar-refractivity contribution in [3.05, 3.63) is 3.92 Å². The van der Waals surface area contributed by atoms with Gasteiger partial charge in [0.2, 0.25) is 5.13 Å². The summed E-state index contributed by atoms with van der Waals surface area (Å²) in [6, 6.07) is 0. The molecule has 0 saturated heterocycles. The molecule has 0 amide bonds. The molecular formula is C6H6BrF2N3S. The third kappa shape index (κ3) is 1.80. The molecule has 0 radical (unpaired) electrons. The number of nitrogens with one attached hydrogen (secondary N) is 1. The van der Waals surface area contributed by atoms with Crippen molar-refractivity contribution < 1.29 is 8.78 Å². The molecule has 13 heavy (non-hydrogen) atoms. The summed E-state index contributed by atoms with van der Waals surface area (Å²) in [6.07, 6.45) is -1.33. The van der Waals surface area contributed by atoms with Gasteiger partial charge in [-0.1, -0.05) is 11.3 Å². The Hall–Kier alpha value is -0.300. The fourth-order valence-electron chi connectivity index (χ4n) is 1.00. The highest BCUT2D eigenvalue weighted by Crippen LogP contribution is 2.44. The molecule has 2 rings (SSSR count). The van der Waals surface area contributed by atoms with Crippen molar-refractivity contribution in [1.29, 1.82) is 0 Å². The summed E-state index contributed by atoms with van der Waals surface area (Å²) in [5, 5.41) is 10.5. The van der Waals surface area contributed by atoms with Gasteiger partial charge in [-0.05, 0) is 28.8 Å². The van der Waals surface area contributed by atoms with Gasteiger partial charge in [0.1, 0.15) is 5.54 Å². The molecule has 72 valence electrons. The Morgan fingerprint density at radius 2 is 2.15 bits per heavy atom. The van der Waals surface area contributed by atoms with Crippen LogP contribution in [0.5, 0.6) is 0 Å². The topological polar surface area (TPSA) is 37.8 Å². The summed E-state index contributed by atoms with van der Waals surface area (Å²) >= 11 is 4.34. The van der Waals surface area contributed by atoms with Crippen molar-refractivity contribution in [3.8, 4) is 0 Å². The minimum Gasteiger partial charge on any atom is -0.349 e. The van der Waals surface area contributed by atoms with E-state index in [1.807, 2.05) is 0 Å². The van der Waals surface area contributed by atoms with Crippen LogP contribution in [0.3, 0.4) is 0 Å². The summed E-state index contributed by atoms with van der Waals surface area (Å²) in [6.45, 7) is 0. The predicted octanol–water partition coefficient (Wildman–Crippen LogP) is 2.51. The van der Waals surface area contributed by atoms with E-state index < -0.39 is 12.0 Å². The summed E-state index contributed by atoms with van der Waals surface area (Å²) in [5.41, 5.74) is -1.03. The lowest BCUT2D eigenvalue weighted by Crippen LogP contribution is -2.29. The minimum atomic E-state index is -2.34. The van der Waals surface area contributed by atoms with Crippen LogP contribution in [0.2, 0.25) is 0 Å². The van der Waals surface area contributed by atoms with E-state index in [0.29, 0.717) is 21.9 Å². The number of rotatable bonds is 3. The monoisotopic (exact) mass is 269 g/mol. The van der Waals surface area contributed by atoms with Crippen molar-refractivity contribution in [2.75, 3.05) is 5.32 Å². The van der Waals surface area contributed by atoms with E-state index in [1.165, 1.54) is 11.3 Å². The molecule has 1 aliphatic carbocycles. The fourth-order valence-corrected chi connectivity index (χ4v) is 2.12. The minimum absolute atomic E-state index is 0.449. The highest BCUT2D eigenvalue weighted by molar-refractivity contribution is 9.11. The second kappa shape index (κ2) is 3.13. The van der Waals surface area contributed by atoms with E-state index in [0.717, 1.165) is 0 Å². The average molecular weight is 270 g/mol. The smallest absolute Gasteiger partial charge is 0.261 e. The molecule has 1 aromatic rings. The van der Waals surface area contributed by atoms with E-state index in [4.69, 9.17) is 0 Å². The zero-order chi connectivity index (χ0) is 9.47. The number of aromatic nitrogens is 2.